The number of rotatable bonds is 9. The SMILES string of the molecule is COc1ccc(CNC(=O)CSc2nnc(C(=O)Nc3ccc(C)cc3)s2)c(OC)c1. The number of methoxy groups -OCH3 is 2. The zero-order valence-corrected chi connectivity index (χ0v) is 18.9. The Morgan fingerprint density at radius 2 is 1.84 bits per heavy atom. The molecule has 10 heteroatoms. The van der Waals surface area contributed by atoms with Gasteiger partial charge in [0, 0.05) is 23.9 Å². The van der Waals surface area contributed by atoms with Gasteiger partial charge in [0.05, 0.1) is 20.0 Å². The Kier molecular flexibility index (Phi) is 7.85. The summed E-state index contributed by atoms with van der Waals surface area (Å²) in [7, 11) is 3.15. The molecule has 3 rings (SSSR count). The minimum Gasteiger partial charge on any atom is -0.497 e. The highest BCUT2D eigenvalue weighted by Crippen LogP contribution is 2.25. The van der Waals surface area contributed by atoms with E-state index in [0.29, 0.717) is 28.1 Å². The highest BCUT2D eigenvalue weighted by molar-refractivity contribution is 8.01. The van der Waals surface area contributed by atoms with Crippen molar-refractivity contribution in [1.82, 2.24) is 15.5 Å². The highest BCUT2D eigenvalue weighted by atomic mass is 32.2. The van der Waals surface area contributed by atoms with E-state index in [0.717, 1.165) is 22.5 Å². The molecule has 3 aromatic rings. The molecule has 0 bridgehead atoms. The van der Waals surface area contributed by atoms with Crippen molar-refractivity contribution in [3.8, 4) is 11.5 Å². The number of hydrogen-bond acceptors (Lipinski definition) is 8. The fourth-order valence-electron chi connectivity index (χ4n) is 2.55. The first-order valence-corrected chi connectivity index (χ1v) is 11.1. The lowest BCUT2D eigenvalue weighted by molar-refractivity contribution is -0.118. The summed E-state index contributed by atoms with van der Waals surface area (Å²) in [6.45, 7) is 2.30. The van der Waals surface area contributed by atoms with Gasteiger partial charge in [0.25, 0.3) is 5.91 Å². The third-order valence-corrected chi connectivity index (χ3v) is 6.26. The van der Waals surface area contributed by atoms with Crippen molar-refractivity contribution in [1.29, 1.82) is 0 Å². The molecule has 0 fully saturated rings. The van der Waals surface area contributed by atoms with Crippen LogP contribution in [-0.2, 0) is 11.3 Å². The number of anilines is 1. The number of thioether (sulfide) groups is 1. The number of amides is 2. The molecule has 31 heavy (non-hydrogen) atoms. The van der Waals surface area contributed by atoms with Crippen LogP contribution in [0, 0.1) is 6.92 Å². The minimum atomic E-state index is -0.329. The lowest BCUT2D eigenvalue weighted by Crippen LogP contribution is -2.24. The van der Waals surface area contributed by atoms with Crippen molar-refractivity contribution >= 4 is 40.6 Å². The van der Waals surface area contributed by atoms with E-state index < -0.39 is 0 Å². The molecule has 0 atom stereocenters. The highest BCUT2D eigenvalue weighted by Gasteiger charge is 2.15. The van der Waals surface area contributed by atoms with E-state index in [1.165, 1.54) is 11.8 Å². The second kappa shape index (κ2) is 10.8. The minimum absolute atomic E-state index is 0.159. The van der Waals surface area contributed by atoms with Gasteiger partial charge < -0.3 is 20.1 Å². The zero-order chi connectivity index (χ0) is 22.2. The van der Waals surface area contributed by atoms with Crippen molar-refractivity contribution < 1.29 is 19.1 Å². The number of carbonyl (C=O) groups is 2. The Morgan fingerprint density at radius 1 is 1.06 bits per heavy atom. The van der Waals surface area contributed by atoms with E-state index in [-0.39, 0.29) is 22.6 Å². The van der Waals surface area contributed by atoms with E-state index in [9.17, 15) is 9.59 Å². The average Bonchev–Trinajstić information content (AvgIpc) is 3.27. The Bertz CT molecular complexity index is 1050. The molecule has 1 aromatic heterocycles. The van der Waals surface area contributed by atoms with Crippen LogP contribution in [-0.4, -0.2) is 42.0 Å². The maximum absolute atomic E-state index is 12.3. The molecular weight excluding hydrogens is 436 g/mol. The summed E-state index contributed by atoms with van der Waals surface area (Å²) in [6, 6.07) is 12.9. The summed E-state index contributed by atoms with van der Waals surface area (Å²) in [6.07, 6.45) is 0. The van der Waals surface area contributed by atoms with Crippen molar-refractivity contribution in [2.24, 2.45) is 0 Å². The monoisotopic (exact) mass is 458 g/mol. The largest absolute Gasteiger partial charge is 0.497 e. The average molecular weight is 459 g/mol. The van der Waals surface area contributed by atoms with Crippen LogP contribution in [0.4, 0.5) is 5.69 Å². The Hall–Kier alpha value is -3.11. The van der Waals surface area contributed by atoms with Crippen molar-refractivity contribution in [3.05, 3.63) is 58.6 Å². The maximum Gasteiger partial charge on any atom is 0.286 e. The number of hydrogen-bond donors (Lipinski definition) is 2. The van der Waals surface area contributed by atoms with Gasteiger partial charge in [-0.2, -0.15) is 0 Å². The first kappa shape index (κ1) is 22.6. The summed E-state index contributed by atoms with van der Waals surface area (Å²) in [4.78, 5) is 24.5. The predicted molar refractivity (Wildman–Crippen MR) is 121 cm³/mol. The Balaban J connectivity index is 1.48. The number of aryl methyl sites for hydroxylation is 1. The third-order valence-electron chi connectivity index (χ3n) is 4.21. The van der Waals surface area contributed by atoms with Gasteiger partial charge >= 0.3 is 0 Å². The number of carbonyl (C=O) groups excluding carboxylic acids is 2. The second-order valence-corrected chi connectivity index (χ2v) is 8.64. The third kappa shape index (κ3) is 6.43. The molecule has 0 aliphatic rings. The number of nitrogens with one attached hydrogen (secondary N) is 2. The van der Waals surface area contributed by atoms with Crippen molar-refractivity contribution in [3.63, 3.8) is 0 Å². The lowest BCUT2D eigenvalue weighted by Gasteiger charge is -2.11. The van der Waals surface area contributed by atoms with Gasteiger partial charge in [0.2, 0.25) is 10.9 Å². The molecule has 2 N–H and O–H groups in total. The van der Waals surface area contributed by atoms with Gasteiger partial charge in [-0.1, -0.05) is 40.8 Å². The van der Waals surface area contributed by atoms with E-state index in [2.05, 4.69) is 20.8 Å². The van der Waals surface area contributed by atoms with Crippen LogP contribution >= 0.6 is 23.1 Å². The molecule has 0 saturated carbocycles. The van der Waals surface area contributed by atoms with Gasteiger partial charge in [-0.15, -0.1) is 10.2 Å². The van der Waals surface area contributed by atoms with Crippen LogP contribution in [0.5, 0.6) is 11.5 Å². The second-order valence-electron chi connectivity index (χ2n) is 6.44. The van der Waals surface area contributed by atoms with E-state index in [1.54, 1.807) is 20.3 Å². The van der Waals surface area contributed by atoms with Crippen LogP contribution < -0.4 is 20.1 Å². The topological polar surface area (TPSA) is 102 Å². The van der Waals surface area contributed by atoms with Crippen LogP contribution in [0.15, 0.2) is 46.8 Å². The smallest absolute Gasteiger partial charge is 0.286 e. The first-order valence-electron chi connectivity index (χ1n) is 9.30. The van der Waals surface area contributed by atoms with Crippen molar-refractivity contribution in [2.45, 2.75) is 17.8 Å². The fourth-order valence-corrected chi connectivity index (χ4v) is 4.13. The van der Waals surface area contributed by atoms with Crippen molar-refractivity contribution in [2.75, 3.05) is 25.3 Å². The quantitative estimate of drug-likeness (QED) is 0.473. The molecule has 8 nitrogen and oxygen atoms in total. The molecule has 0 saturated heterocycles. The number of benzene rings is 2. The molecule has 0 radical (unpaired) electrons. The normalized spacial score (nSPS) is 10.4. The van der Waals surface area contributed by atoms with Crippen LogP contribution in [0.2, 0.25) is 0 Å². The molecule has 1 heterocycles. The summed E-state index contributed by atoms with van der Waals surface area (Å²) in [5.74, 6) is 0.988. The van der Waals surface area contributed by atoms with Gasteiger partial charge in [-0.25, -0.2) is 0 Å². The summed E-state index contributed by atoms with van der Waals surface area (Å²) < 4.78 is 11.1. The molecule has 2 amide bonds. The van der Waals surface area contributed by atoms with E-state index in [4.69, 9.17) is 9.47 Å². The van der Waals surface area contributed by atoms with Gasteiger partial charge in [0.15, 0.2) is 4.34 Å². The number of ether oxygens (including phenoxy) is 2. The van der Waals surface area contributed by atoms with Crippen LogP contribution in [0.1, 0.15) is 20.9 Å². The molecule has 0 aliphatic heterocycles. The molecule has 0 unspecified atom stereocenters. The Morgan fingerprint density at radius 3 is 2.55 bits per heavy atom. The Labute approximate surface area is 188 Å². The van der Waals surface area contributed by atoms with Gasteiger partial charge in [-0.3, -0.25) is 9.59 Å². The lowest BCUT2D eigenvalue weighted by atomic mass is 10.2. The fraction of sp³-hybridized carbons (Fsp3) is 0.238. The predicted octanol–water partition coefficient (Wildman–Crippen LogP) is 3.52. The zero-order valence-electron chi connectivity index (χ0n) is 17.3. The standard InChI is InChI=1S/C21H22N4O4S2/c1-13-4-7-15(8-5-13)23-19(27)20-24-25-21(31-20)30-12-18(26)22-11-14-6-9-16(28-2)10-17(14)29-3/h4-10H,11-12H2,1-3H3,(H,22,26)(H,23,27). The van der Waals surface area contributed by atoms with Gasteiger partial charge in [-0.05, 0) is 31.2 Å². The first-order chi connectivity index (χ1) is 15.0. The number of aromatic nitrogens is 2. The molecule has 0 spiro atoms. The van der Waals surface area contributed by atoms with E-state index >= 15 is 0 Å². The summed E-state index contributed by atoms with van der Waals surface area (Å²) >= 11 is 2.37. The molecule has 2 aromatic carbocycles. The molecular formula is C21H22N4O4S2. The van der Waals surface area contributed by atoms with Crippen LogP contribution in [0.25, 0.3) is 0 Å². The maximum atomic E-state index is 12.3. The number of nitrogens with zero attached hydrogens (tertiary/aromatic N) is 2. The molecule has 162 valence electrons. The summed E-state index contributed by atoms with van der Waals surface area (Å²) in [5, 5.41) is 13.8. The summed E-state index contributed by atoms with van der Waals surface area (Å²) in [5.41, 5.74) is 2.64. The van der Waals surface area contributed by atoms with Crippen LogP contribution in [0.3, 0.4) is 0 Å². The van der Waals surface area contributed by atoms with Gasteiger partial charge in [0.1, 0.15) is 11.5 Å². The molecule has 0 aliphatic carbocycles. The van der Waals surface area contributed by atoms with E-state index in [1.807, 2.05) is 43.3 Å².